The maximum Gasteiger partial charge on any atom is 0.199 e. The second kappa shape index (κ2) is 15.2. The number of aryl methyl sites for hydroxylation is 1. The third-order valence-corrected chi connectivity index (χ3v) is 8.58. The molecule has 0 heterocycles. The van der Waals surface area contributed by atoms with E-state index in [1.165, 1.54) is 114 Å². The number of unbranched alkanes of at least 4 members (excludes halogenated alkanes) is 4. The van der Waals surface area contributed by atoms with Crippen molar-refractivity contribution >= 4 is 0 Å². The zero-order valence-electron chi connectivity index (χ0n) is 21.5. The van der Waals surface area contributed by atoms with Crippen molar-refractivity contribution in [1.29, 1.82) is 5.26 Å². The average Bonchev–Trinajstić information content (AvgIpc) is 2.89. The SMILES string of the molecule is CCCCCCCc1ccc([C@H]2CC[C@H](C3CCC(CC/C=C/C=C(\F)C#N)CC3)CC2)cc1. The van der Waals surface area contributed by atoms with E-state index in [9.17, 15) is 4.39 Å². The maximum absolute atomic E-state index is 12.8. The van der Waals surface area contributed by atoms with Crippen molar-refractivity contribution in [3.63, 3.8) is 0 Å². The average molecular weight is 464 g/mol. The molecule has 2 aliphatic rings. The van der Waals surface area contributed by atoms with E-state index < -0.39 is 5.83 Å². The lowest BCUT2D eigenvalue weighted by Crippen LogP contribution is -2.25. The standard InChI is InChI=1S/C32H46FN/c1-2-3-4-5-7-10-26-13-17-28(18-14-26)30-21-23-31(24-22-30)29-19-15-27(16-20-29)11-8-6-9-12-32(33)25-34/h6,9,12-14,17-18,27,29-31H,2-5,7-8,10-11,15-16,19-24H2,1H3/b9-6+,32-12-/t27?,29?,30-,31-. The first-order chi connectivity index (χ1) is 16.7. The molecule has 0 aliphatic heterocycles. The number of nitriles is 1. The van der Waals surface area contributed by atoms with Gasteiger partial charge in [-0.05, 0) is 105 Å². The highest BCUT2D eigenvalue weighted by molar-refractivity contribution is 5.26. The topological polar surface area (TPSA) is 23.8 Å². The van der Waals surface area contributed by atoms with Crippen LogP contribution in [0.5, 0.6) is 0 Å². The van der Waals surface area contributed by atoms with Crippen LogP contribution in [0.15, 0.2) is 48.3 Å². The summed E-state index contributed by atoms with van der Waals surface area (Å²) in [6.07, 6.45) is 26.3. The Kier molecular flexibility index (Phi) is 11.9. The van der Waals surface area contributed by atoms with Crippen LogP contribution in [0.25, 0.3) is 0 Å². The summed E-state index contributed by atoms with van der Waals surface area (Å²) in [6.45, 7) is 2.28. The van der Waals surface area contributed by atoms with E-state index in [2.05, 4.69) is 31.2 Å². The molecular formula is C32H46FN. The number of nitrogens with zero attached hydrogens (tertiary/aromatic N) is 1. The number of halogens is 1. The summed E-state index contributed by atoms with van der Waals surface area (Å²) in [6, 6.07) is 11.2. The molecule has 0 bridgehead atoms. The van der Waals surface area contributed by atoms with E-state index in [-0.39, 0.29) is 0 Å². The molecule has 3 rings (SSSR count). The molecule has 0 unspecified atom stereocenters. The molecule has 0 amide bonds. The van der Waals surface area contributed by atoms with E-state index in [1.807, 2.05) is 6.08 Å². The first-order valence-corrected chi connectivity index (χ1v) is 14.2. The number of allylic oxidation sites excluding steroid dienone is 4. The van der Waals surface area contributed by atoms with Crippen LogP contribution >= 0.6 is 0 Å². The van der Waals surface area contributed by atoms with Gasteiger partial charge in [0.2, 0.25) is 0 Å². The van der Waals surface area contributed by atoms with Crippen molar-refractivity contribution in [1.82, 2.24) is 0 Å². The summed E-state index contributed by atoms with van der Waals surface area (Å²) < 4.78 is 12.8. The first kappa shape index (κ1) is 26.7. The highest BCUT2D eigenvalue weighted by Gasteiger charge is 2.31. The van der Waals surface area contributed by atoms with E-state index in [1.54, 1.807) is 11.6 Å². The molecular weight excluding hydrogens is 417 g/mol. The minimum atomic E-state index is -0.711. The Balaban J connectivity index is 1.32. The second-order valence-electron chi connectivity index (χ2n) is 10.9. The minimum Gasteiger partial charge on any atom is -0.195 e. The van der Waals surface area contributed by atoms with Crippen molar-refractivity contribution in [2.75, 3.05) is 0 Å². The van der Waals surface area contributed by atoms with Crippen LogP contribution in [-0.2, 0) is 6.42 Å². The van der Waals surface area contributed by atoms with Gasteiger partial charge in [-0.1, -0.05) is 81.9 Å². The van der Waals surface area contributed by atoms with Gasteiger partial charge in [-0.2, -0.15) is 9.65 Å². The Morgan fingerprint density at radius 3 is 2.21 bits per heavy atom. The van der Waals surface area contributed by atoms with Crippen molar-refractivity contribution in [2.24, 2.45) is 17.8 Å². The third-order valence-electron chi connectivity index (χ3n) is 8.58. The molecule has 0 saturated heterocycles. The van der Waals surface area contributed by atoms with Gasteiger partial charge in [0.15, 0.2) is 5.83 Å². The summed E-state index contributed by atoms with van der Waals surface area (Å²) in [5, 5.41) is 8.43. The highest BCUT2D eigenvalue weighted by Crippen LogP contribution is 2.44. The van der Waals surface area contributed by atoms with E-state index in [0.717, 1.165) is 30.1 Å². The van der Waals surface area contributed by atoms with Gasteiger partial charge in [0, 0.05) is 0 Å². The fraction of sp³-hybridized carbons (Fsp3) is 0.656. The van der Waals surface area contributed by atoms with Crippen molar-refractivity contribution in [3.8, 4) is 6.07 Å². The van der Waals surface area contributed by atoms with Crippen molar-refractivity contribution in [3.05, 3.63) is 59.4 Å². The number of hydrogen-bond donors (Lipinski definition) is 0. The van der Waals surface area contributed by atoms with Crippen LogP contribution in [-0.4, -0.2) is 0 Å². The lowest BCUT2D eigenvalue weighted by molar-refractivity contribution is 0.157. The Morgan fingerprint density at radius 2 is 1.56 bits per heavy atom. The van der Waals surface area contributed by atoms with Crippen LogP contribution in [0.2, 0.25) is 0 Å². The summed E-state index contributed by atoms with van der Waals surface area (Å²) in [5.74, 6) is 2.77. The number of benzene rings is 1. The molecule has 2 heteroatoms. The Labute approximate surface area is 208 Å². The summed E-state index contributed by atoms with van der Waals surface area (Å²) in [4.78, 5) is 0. The third kappa shape index (κ3) is 9.05. The smallest absolute Gasteiger partial charge is 0.195 e. The molecule has 1 nitrogen and oxygen atoms in total. The van der Waals surface area contributed by atoms with Crippen LogP contribution in [0, 0.1) is 29.1 Å². The zero-order valence-corrected chi connectivity index (χ0v) is 21.5. The van der Waals surface area contributed by atoms with Gasteiger partial charge in [-0.15, -0.1) is 0 Å². The van der Waals surface area contributed by atoms with Crippen molar-refractivity contribution < 1.29 is 4.39 Å². The summed E-state index contributed by atoms with van der Waals surface area (Å²) in [7, 11) is 0. The maximum atomic E-state index is 12.8. The summed E-state index contributed by atoms with van der Waals surface area (Å²) >= 11 is 0. The Bertz CT molecular complexity index is 783. The molecule has 2 saturated carbocycles. The monoisotopic (exact) mass is 463 g/mol. The molecule has 0 radical (unpaired) electrons. The van der Waals surface area contributed by atoms with Gasteiger partial charge in [0.1, 0.15) is 6.07 Å². The number of rotatable bonds is 12. The van der Waals surface area contributed by atoms with E-state index >= 15 is 0 Å². The largest absolute Gasteiger partial charge is 0.199 e. The first-order valence-electron chi connectivity index (χ1n) is 14.2. The van der Waals surface area contributed by atoms with Crippen LogP contribution in [0.3, 0.4) is 0 Å². The second-order valence-corrected chi connectivity index (χ2v) is 10.9. The predicted molar refractivity (Wildman–Crippen MR) is 142 cm³/mol. The molecule has 1 aromatic rings. The highest BCUT2D eigenvalue weighted by atomic mass is 19.1. The van der Waals surface area contributed by atoms with Gasteiger partial charge in [0.05, 0.1) is 0 Å². The predicted octanol–water partition coefficient (Wildman–Crippen LogP) is 9.99. The molecule has 186 valence electrons. The van der Waals surface area contributed by atoms with Gasteiger partial charge in [-0.25, -0.2) is 0 Å². The van der Waals surface area contributed by atoms with Gasteiger partial charge in [-0.3, -0.25) is 0 Å². The molecule has 0 spiro atoms. The fourth-order valence-electron chi connectivity index (χ4n) is 6.38. The normalized spacial score (nSPS) is 26.0. The lowest BCUT2D eigenvalue weighted by Gasteiger charge is -2.38. The van der Waals surface area contributed by atoms with Crippen LogP contribution < -0.4 is 0 Å². The van der Waals surface area contributed by atoms with Gasteiger partial charge in [0.25, 0.3) is 0 Å². The number of hydrogen-bond acceptors (Lipinski definition) is 1. The molecule has 0 N–H and O–H groups in total. The minimum absolute atomic E-state index is 0.711. The lowest BCUT2D eigenvalue weighted by atomic mass is 9.68. The van der Waals surface area contributed by atoms with Crippen molar-refractivity contribution in [2.45, 2.75) is 116 Å². The molecule has 0 atom stereocenters. The zero-order chi connectivity index (χ0) is 24.0. The van der Waals surface area contributed by atoms with Gasteiger partial charge < -0.3 is 0 Å². The molecule has 0 aromatic heterocycles. The Morgan fingerprint density at radius 1 is 0.912 bits per heavy atom. The molecule has 34 heavy (non-hydrogen) atoms. The molecule has 2 fully saturated rings. The van der Waals surface area contributed by atoms with E-state index in [0.29, 0.717) is 0 Å². The fourth-order valence-corrected chi connectivity index (χ4v) is 6.38. The van der Waals surface area contributed by atoms with Crippen LogP contribution in [0.4, 0.5) is 4.39 Å². The quantitative estimate of drug-likeness (QED) is 0.172. The van der Waals surface area contributed by atoms with Crippen LogP contribution in [0.1, 0.15) is 120 Å². The molecule has 1 aromatic carbocycles. The molecule has 2 aliphatic carbocycles. The summed E-state index contributed by atoms with van der Waals surface area (Å²) in [5.41, 5.74) is 3.10. The van der Waals surface area contributed by atoms with Gasteiger partial charge >= 0.3 is 0 Å². The Hall–Kier alpha value is -1.88. The van der Waals surface area contributed by atoms with E-state index in [4.69, 9.17) is 5.26 Å².